The Morgan fingerprint density at radius 3 is 1.57 bits per heavy atom. The average Bonchev–Trinajstić information content (AvgIpc) is 1.31. The predicted octanol–water partition coefficient (Wildman–Crippen LogP) is 2.13. The Bertz CT molecular complexity index is 85.4. The molecule has 0 rings (SSSR count). The van der Waals surface area contributed by atoms with E-state index in [1.54, 1.807) is 0 Å². The third-order valence-electron chi connectivity index (χ3n) is 0.308. The first-order chi connectivity index (χ1) is 2.94. The van der Waals surface area contributed by atoms with E-state index in [1.165, 1.54) is 0 Å². The average molecular weight is 147 g/mol. The molecular formula is C2H2ClF3Si. The van der Waals surface area contributed by atoms with Crippen molar-refractivity contribution >= 4 is 20.7 Å². The van der Waals surface area contributed by atoms with Gasteiger partial charge in [0.2, 0.25) is 0 Å². The lowest BCUT2D eigenvalue weighted by Crippen LogP contribution is -2.13. The van der Waals surface area contributed by atoms with Crippen molar-refractivity contribution in [2.75, 3.05) is 0 Å². The summed E-state index contributed by atoms with van der Waals surface area (Å²) in [5, 5.41) is 0. The fraction of sp³-hybridized carbons (Fsp3) is 0. The highest BCUT2D eigenvalue weighted by Gasteiger charge is 2.40. The third kappa shape index (κ3) is 2.70. The van der Waals surface area contributed by atoms with Crippen LogP contribution in [0.2, 0.25) is 0 Å². The molecule has 0 spiro atoms. The second-order valence-corrected chi connectivity index (χ2v) is 3.27. The highest BCUT2D eigenvalue weighted by Crippen LogP contribution is 2.20. The van der Waals surface area contributed by atoms with Crippen LogP contribution in [0.5, 0.6) is 0 Å². The molecule has 0 radical (unpaired) electrons. The summed E-state index contributed by atoms with van der Waals surface area (Å²) in [5.74, 6) is 0. The summed E-state index contributed by atoms with van der Waals surface area (Å²) in [4.78, 5) is 0. The molecule has 42 valence electrons. The lowest BCUT2D eigenvalue weighted by molar-refractivity contribution is 0.496. The van der Waals surface area contributed by atoms with Crippen molar-refractivity contribution < 1.29 is 12.3 Å². The Morgan fingerprint density at radius 2 is 1.57 bits per heavy atom. The minimum Gasteiger partial charge on any atom is -0.234 e. The van der Waals surface area contributed by atoms with Crippen molar-refractivity contribution in [2.24, 2.45) is 0 Å². The van der Waals surface area contributed by atoms with E-state index in [0.717, 1.165) is 0 Å². The summed E-state index contributed by atoms with van der Waals surface area (Å²) in [6.45, 7) is 2.53. The van der Waals surface area contributed by atoms with Gasteiger partial charge in [-0.2, -0.15) is 0 Å². The van der Waals surface area contributed by atoms with Crippen molar-refractivity contribution in [3.8, 4) is 0 Å². The SMILES string of the molecule is C=C(Cl)[Si](F)(F)F. The van der Waals surface area contributed by atoms with E-state index in [0.29, 0.717) is 0 Å². The molecule has 0 aliphatic heterocycles. The van der Waals surface area contributed by atoms with Gasteiger partial charge in [0.25, 0.3) is 0 Å². The van der Waals surface area contributed by atoms with Gasteiger partial charge in [0, 0.05) is 0 Å². The van der Waals surface area contributed by atoms with Crippen LogP contribution in [0, 0.1) is 0 Å². The van der Waals surface area contributed by atoms with Crippen LogP contribution in [0.4, 0.5) is 12.3 Å². The Labute approximate surface area is 45.1 Å². The molecule has 0 aromatic heterocycles. The molecule has 0 amide bonds. The van der Waals surface area contributed by atoms with Crippen molar-refractivity contribution in [2.45, 2.75) is 0 Å². The van der Waals surface area contributed by atoms with Gasteiger partial charge in [0.05, 0.1) is 4.66 Å². The molecule has 0 N–H and O–H groups in total. The van der Waals surface area contributed by atoms with Gasteiger partial charge >= 0.3 is 9.08 Å². The molecule has 0 bridgehead atoms. The summed E-state index contributed by atoms with van der Waals surface area (Å²) < 4.78 is 32.1. The summed E-state index contributed by atoms with van der Waals surface area (Å²) in [7, 11) is -5.66. The minimum absolute atomic E-state index is 1.15. The van der Waals surface area contributed by atoms with Gasteiger partial charge in [-0.25, -0.2) is 12.3 Å². The molecule has 0 aromatic carbocycles. The lowest BCUT2D eigenvalue weighted by atomic mass is 11.3. The second-order valence-electron chi connectivity index (χ2n) is 0.903. The molecule has 0 atom stereocenters. The monoisotopic (exact) mass is 146 g/mol. The fourth-order valence-corrected chi connectivity index (χ4v) is 0. The van der Waals surface area contributed by atoms with Crippen molar-refractivity contribution in [3.63, 3.8) is 0 Å². The Balaban J connectivity index is 3.79. The number of rotatable bonds is 1. The molecule has 5 heteroatoms. The first kappa shape index (κ1) is 7.04. The summed E-state index contributed by atoms with van der Waals surface area (Å²) in [6, 6.07) is 0. The maximum Gasteiger partial charge on any atom is 0.664 e. The summed E-state index contributed by atoms with van der Waals surface area (Å²) >= 11 is 4.50. The van der Waals surface area contributed by atoms with E-state index in [-0.39, 0.29) is 0 Å². The molecule has 0 heterocycles. The van der Waals surface area contributed by atoms with Gasteiger partial charge in [-0.3, -0.25) is 0 Å². The molecule has 0 aliphatic carbocycles. The van der Waals surface area contributed by atoms with E-state index in [2.05, 4.69) is 18.2 Å². The lowest BCUT2D eigenvalue weighted by Gasteiger charge is -1.93. The highest BCUT2D eigenvalue weighted by atomic mass is 35.5. The van der Waals surface area contributed by atoms with Crippen molar-refractivity contribution in [1.82, 2.24) is 0 Å². The molecule has 0 aromatic rings. The van der Waals surface area contributed by atoms with Crippen LogP contribution in [0.25, 0.3) is 0 Å². The zero-order chi connectivity index (χ0) is 6.08. The Kier molecular flexibility index (Phi) is 1.89. The van der Waals surface area contributed by atoms with Gasteiger partial charge in [-0.1, -0.05) is 18.2 Å². The topological polar surface area (TPSA) is 0 Å². The molecule has 0 saturated heterocycles. The van der Waals surface area contributed by atoms with Crippen LogP contribution in [0.15, 0.2) is 11.2 Å². The molecule has 0 unspecified atom stereocenters. The number of halogens is 4. The maximum atomic E-state index is 11.1. The zero-order valence-electron chi connectivity index (χ0n) is 3.22. The number of hydrogen-bond acceptors (Lipinski definition) is 0. The van der Waals surface area contributed by atoms with Crippen LogP contribution in [-0.4, -0.2) is 9.08 Å². The largest absolute Gasteiger partial charge is 0.664 e. The molecule has 0 saturated carbocycles. The van der Waals surface area contributed by atoms with E-state index in [1.807, 2.05) is 0 Å². The molecule has 7 heavy (non-hydrogen) atoms. The molecule has 0 aliphatic rings. The molecular weight excluding hydrogens is 145 g/mol. The van der Waals surface area contributed by atoms with E-state index >= 15 is 0 Å². The second kappa shape index (κ2) is 1.88. The fourth-order valence-electron chi connectivity index (χ4n) is 0. The van der Waals surface area contributed by atoms with Crippen LogP contribution in [0.3, 0.4) is 0 Å². The smallest absolute Gasteiger partial charge is 0.234 e. The normalized spacial score (nSPS) is 11.4. The van der Waals surface area contributed by atoms with Gasteiger partial charge in [-0.15, -0.1) is 0 Å². The van der Waals surface area contributed by atoms with Gasteiger partial charge in [0.15, 0.2) is 0 Å². The van der Waals surface area contributed by atoms with Crippen molar-refractivity contribution in [3.05, 3.63) is 11.2 Å². The minimum atomic E-state index is -5.66. The van der Waals surface area contributed by atoms with E-state index < -0.39 is 13.7 Å². The summed E-state index contributed by atoms with van der Waals surface area (Å²) in [5.41, 5.74) is 0. The van der Waals surface area contributed by atoms with Gasteiger partial charge in [0.1, 0.15) is 0 Å². The Hall–Kier alpha value is 0.0369. The standard InChI is InChI=1S/C2H2ClF3Si/c1-2(3)7(4,5)6/h1H2. The van der Waals surface area contributed by atoms with E-state index in [9.17, 15) is 12.3 Å². The van der Waals surface area contributed by atoms with Crippen LogP contribution >= 0.6 is 11.6 Å². The first-order valence-corrected chi connectivity index (χ1v) is 3.37. The predicted molar refractivity (Wildman–Crippen MR) is 24.1 cm³/mol. The van der Waals surface area contributed by atoms with Crippen LogP contribution in [0.1, 0.15) is 0 Å². The number of hydrogen-bond donors (Lipinski definition) is 0. The van der Waals surface area contributed by atoms with Gasteiger partial charge < -0.3 is 0 Å². The Morgan fingerprint density at radius 1 is 1.43 bits per heavy atom. The summed E-state index contributed by atoms with van der Waals surface area (Å²) in [6.07, 6.45) is 0. The van der Waals surface area contributed by atoms with Crippen molar-refractivity contribution in [1.29, 1.82) is 0 Å². The molecule has 0 fully saturated rings. The maximum absolute atomic E-state index is 11.1. The quantitative estimate of drug-likeness (QED) is 0.393. The highest BCUT2D eigenvalue weighted by molar-refractivity contribution is 6.78. The third-order valence-corrected chi connectivity index (χ3v) is 1.57. The zero-order valence-corrected chi connectivity index (χ0v) is 4.97. The van der Waals surface area contributed by atoms with E-state index in [4.69, 9.17) is 0 Å². The van der Waals surface area contributed by atoms with Crippen LogP contribution < -0.4 is 0 Å². The van der Waals surface area contributed by atoms with Crippen LogP contribution in [-0.2, 0) is 0 Å². The molecule has 0 nitrogen and oxygen atoms in total. The first-order valence-electron chi connectivity index (χ1n) is 1.36. The van der Waals surface area contributed by atoms with Gasteiger partial charge in [-0.05, 0) is 0 Å².